The van der Waals surface area contributed by atoms with Gasteiger partial charge in [-0.05, 0) is 35.6 Å². The lowest BCUT2D eigenvalue weighted by Gasteiger charge is -2.36. The zero-order valence-corrected chi connectivity index (χ0v) is 15.6. The van der Waals surface area contributed by atoms with Crippen molar-refractivity contribution in [3.05, 3.63) is 58.0 Å². The number of likely N-dealkylation sites (tertiary alicyclic amines) is 1. The van der Waals surface area contributed by atoms with Gasteiger partial charge in [0.1, 0.15) is 5.82 Å². The second-order valence-corrected chi connectivity index (χ2v) is 8.94. The van der Waals surface area contributed by atoms with Gasteiger partial charge in [-0.25, -0.2) is 4.39 Å². The summed E-state index contributed by atoms with van der Waals surface area (Å²) in [5.74, 6) is 0.207. The van der Waals surface area contributed by atoms with Crippen LogP contribution >= 0.6 is 11.3 Å². The normalized spacial score (nSPS) is 34.7. The number of amides is 1. The summed E-state index contributed by atoms with van der Waals surface area (Å²) in [4.78, 5) is 15.7. The molecule has 1 aromatic carbocycles. The van der Waals surface area contributed by atoms with Crippen LogP contribution in [0.4, 0.5) is 4.39 Å². The SMILES string of the molecule is O=C(Cc1cccs1)N1C[C@H]2[C@H](O)[C@@H]3C[C@H](c4ccc(F)cc4)[C@@H](O3)[C@H]2C1. The maximum atomic E-state index is 13.3. The summed E-state index contributed by atoms with van der Waals surface area (Å²) in [6.45, 7) is 1.23. The fourth-order valence-corrected chi connectivity index (χ4v) is 5.80. The predicted molar refractivity (Wildman–Crippen MR) is 100 cm³/mol. The van der Waals surface area contributed by atoms with E-state index >= 15 is 0 Å². The van der Waals surface area contributed by atoms with Crippen LogP contribution in [0.1, 0.15) is 22.8 Å². The highest BCUT2D eigenvalue weighted by Crippen LogP contribution is 2.50. The van der Waals surface area contributed by atoms with Crippen LogP contribution in [-0.2, 0) is 16.0 Å². The van der Waals surface area contributed by atoms with Crippen molar-refractivity contribution < 1.29 is 19.0 Å². The van der Waals surface area contributed by atoms with Gasteiger partial charge in [-0.1, -0.05) is 18.2 Å². The van der Waals surface area contributed by atoms with Crippen LogP contribution in [0, 0.1) is 17.7 Å². The van der Waals surface area contributed by atoms with Crippen LogP contribution in [0.5, 0.6) is 0 Å². The first-order chi connectivity index (χ1) is 13.1. The van der Waals surface area contributed by atoms with Crippen LogP contribution < -0.4 is 0 Å². The number of ether oxygens (including phenoxy) is 1. The number of halogens is 1. The number of rotatable bonds is 3. The van der Waals surface area contributed by atoms with Gasteiger partial charge in [-0.15, -0.1) is 11.3 Å². The van der Waals surface area contributed by atoms with Gasteiger partial charge in [-0.3, -0.25) is 4.79 Å². The quantitative estimate of drug-likeness (QED) is 0.881. The molecule has 0 aliphatic carbocycles. The second-order valence-electron chi connectivity index (χ2n) is 7.91. The number of aliphatic hydroxyl groups is 1. The molecule has 6 heteroatoms. The molecule has 4 nitrogen and oxygen atoms in total. The third-order valence-electron chi connectivity index (χ3n) is 6.43. The molecule has 1 N–H and O–H groups in total. The number of thiophene rings is 1. The van der Waals surface area contributed by atoms with Crippen molar-refractivity contribution in [2.75, 3.05) is 13.1 Å². The lowest BCUT2D eigenvalue weighted by Crippen LogP contribution is -2.46. The molecule has 142 valence electrons. The Morgan fingerprint density at radius 3 is 2.74 bits per heavy atom. The van der Waals surface area contributed by atoms with Gasteiger partial charge in [-0.2, -0.15) is 0 Å². The maximum absolute atomic E-state index is 13.3. The highest BCUT2D eigenvalue weighted by atomic mass is 32.1. The molecule has 1 amide bonds. The molecule has 2 aromatic rings. The lowest BCUT2D eigenvalue weighted by atomic mass is 9.81. The molecular formula is C21H22FNO3S. The molecule has 1 aromatic heterocycles. The van der Waals surface area contributed by atoms with E-state index < -0.39 is 6.10 Å². The Morgan fingerprint density at radius 1 is 1.22 bits per heavy atom. The van der Waals surface area contributed by atoms with E-state index in [4.69, 9.17) is 4.74 Å². The van der Waals surface area contributed by atoms with Crippen molar-refractivity contribution >= 4 is 17.2 Å². The third kappa shape index (κ3) is 3.00. The van der Waals surface area contributed by atoms with Crippen LogP contribution in [0.15, 0.2) is 41.8 Å². The summed E-state index contributed by atoms with van der Waals surface area (Å²) in [5, 5.41) is 12.8. The van der Waals surface area contributed by atoms with Crippen molar-refractivity contribution in [3.8, 4) is 0 Å². The topological polar surface area (TPSA) is 49.8 Å². The minimum Gasteiger partial charge on any atom is -0.390 e. The third-order valence-corrected chi connectivity index (χ3v) is 7.30. The van der Waals surface area contributed by atoms with E-state index in [9.17, 15) is 14.3 Å². The average Bonchev–Trinajstić information content (AvgIpc) is 3.39. The molecule has 3 aliphatic heterocycles. The van der Waals surface area contributed by atoms with Crippen LogP contribution in [0.25, 0.3) is 0 Å². The Balaban J connectivity index is 1.35. The highest BCUT2D eigenvalue weighted by Gasteiger charge is 2.56. The van der Waals surface area contributed by atoms with E-state index in [1.54, 1.807) is 11.3 Å². The van der Waals surface area contributed by atoms with Gasteiger partial charge in [0.25, 0.3) is 0 Å². The summed E-state index contributed by atoms with van der Waals surface area (Å²) in [7, 11) is 0. The summed E-state index contributed by atoms with van der Waals surface area (Å²) >= 11 is 1.59. The molecule has 3 saturated heterocycles. The molecule has 0 unspecified atom stereocenters. The number of fused-ring (bicyclic) bond motifs is 4. The first kappa shape index (κ1) is 17.3. The van der Waals surface area contributed by atoms with Gasteiger partial charge >= 0.3 is 0 Å². The van der Waals surface area contributed by atoms with Crippen molar-refractivity contribution in [2.45, 2.75) is 37.1 Å². The Kier molecular flexibility index (Phi) is 4.30. The monoisotopic (exact) mass is 387 g/mol. The molecule has 0 spiro atoms. The Bertz CT molecular complexity index is 824. The minimum atomic E-state index is -0.545. The molecule has 2 bridgehead atoms. The molecular weight excluding hydrogens is 365 g/mol. The van der Waals surface area contributed by atoms with Gasteiger partial charge < -0.3 is 14.7 Å². The Labute approximate surface area is 161 Å². The largest absolute Gasteiger partial charge is 0.390 e. The first-order valence-electron chi connectivity index (χ1n) is 9.49. The van der Waals surface area contributed by atoms with E-state index in [1.807, 2.05) is 34.5 Å². The van der Waals surface area contributed by atoms with E-state index in [2.05, 4.69) is 0 Å². The zero-order valence-electron chi connectivity index (χ0n) is 14.8. The lowest BCUT2D eigenvalue weighted by molar-refractivity contribution is -0.129. The molecule has 0 radical (unpaired) electrons. The molecule has 4 heterocycles. The molecule has 6 atom stereocenters. The maximum Gasteiger partial charge on any atom is 0.227 e. The van der Waals surface area contributed by atoms with Crippen LogP contribution in [0.3, 0.4) is 0 Å². The van der Waals surface area contributed by atoms with E-state index in [1.165, 1.54) is 12.1 Å². The molecule has 5 rings (SSSR count). The number of carbonyl (C=O) groups excluding carboxylic acids is 1. The summed E-state index contributed by atoms with van der Waals surface area (Å²) in [6.07, 6.45) is 0.417. The Hall–Kier alpha value is -1.76. The van der Waals surface area contributed by atoms with Gasteiger partial charge in [0.15, 0.2) is 0 Å². The Morgan fingerprint density at radius 2 is 2.00 bits per heavy atom. The minimum absolute atomic E-state index is 0.0200. The highest BCUT2D eigenvalue weighted by molar-refractivity contribution is 7.10. The number of nitrogens with zero attached hydrogens (tertiary/aromatic N) is 1. The molecule has 3 fully saturated rings. The second kappa shape index (κ2) is 6.69. The smallest absolute Gasteiger partial charge is 0.227 e. The van der Waals surface area contributed by atoms with Gasteiger partial charge in [0, 0.05) is 35.7 Å². The summed E-state index contributed by atoms with van der Waals surface area (Å²) in [6, 6.07) is 10.5. The number of aliphatic hydroxyl groups excluding tert-OH is 1. The number of benzene rings is 1. The zero-order chi connectivity index (χ0) is 18.5. The van der Waals surface area contributed by atoms with Crippen molar-refractivity contribution in [1.29, 1.82) is 0 Å². The first-order valence-corrected chi connectivity index (χ1v) is 10.4. The fraction of sp³-hybridized carbons (Fsp3) is 0.476. The molecule has 3 aliphatic rings. The van der Waals surface area contributed by atoms with Crippen LogP contribution in [0.2, 0.25) is 0 Å². The van der Waals surface area contributed by atoms with Gasteiger partial charge in [0.05, 0.1) is 24.7 Å². The van der Waals surface area contributed by atoms with Gasteiger partial charge in [0.2, 0.25) is 5.91 Å². The summed E-state index contributed by atoms with van der Waals surface area (Å²) < 4.78 is 19.5. The standard InChI is InChI=1S/C21H22FNO3S/c22-13-5-3-12(4-6-13)15-9-18-20(25)16-10-23(11-17(16)21(15)26-18)19(24)8-14-2-1-7-27-14/h1-7,15-18,20-21,25H,8-11H2/t15-,16-,17+,18+,20+,21-/m1/s1. The predicted octanol–water partition coefficient (Wildman–Crippen LogP) is 2.82. The van der Waals surface area contributed by atoms with E-state index in [0.717, 1.165) is 16.9 Å². The number of hydrogen-bond acceptors (Lipinski definition) is 4. The molecule has 27 heavy (non-hydrogen) atoms. The average molecular weight is 387 g/mol. The van der Waals surface area contributed by atoms with Crippen LogP contribution in [-0.4, -0.2) is 47.3 Å². The van der Waals surface area contributed by atoms with Crippen molar-refractivity contribution in [3.63, 3.8) is 0 Å². The number of carbonyl (C=O) groups is 1. The summed E-state index contributed by atoms with van der Waals surface area (Å²) in [5.41, 5.74) is 1.06. The fourth-order valence-electron chi connectivity index (χ4n) is 5.11. The van der Waals surface area contributed by atoms with Crippen molar-refractivity contribution in [2.24, 2.45) is 11.8 Å². The van der Waals surface area contributed by atoms with E-state index in [-0.39, 0.29) is 41.7 Å². The van der Waals surface area contributed by atoms with Crippen molar-refractivity contribution in [1.82, 2.24) is 4.90 Å². The van der Waals surface area contributed by atoms with E-state index in [0.29, 0.717) is 19.5 Å². The number of hydrogen-bond donors (Lipinski definition) is 1. The molecule has 0 saturated carbocycles.